The zero-order valence-corrected chi connectivity index (χ0v) is 26.2. The number of thiophene rings is 1. The van der Waals surface area contributed by atoms with Crippen molar-refractivity contribution in [1.29, 1.82) is 0 Å². The number of carbonyl (C=O) groups is 2. The van der Waals surface area contributed by atoms with Gasteiger partial charge in [0.1, 0.15) is 41.2 Å². The summed E-state index contributed by atoms with van der Waals surface area (Å²) in [7, 11) is 1.52. The Labute approximate surface area is 263 Å². The summed E-state index contributed by atoms with van der Waals surface area (Å²) in [6.07, 6.45) is 1.30. The van der Waals surface area contributed by atoms with Crippen LogP contribution in [0.4, 0.5) is 14.6 Å². The molecule has 4 aromatic rings. The maximum atomic E-state index is 16.0. The molecule has 3 aromatic heterocycles. The molecule has 236 valence electrons. The third kappa shape index (κ3) is 5.66. The number of rotatable bonds is 8. The van der Waals surface area contributed by atoms with Crippen LogP contribution in [0.5, 0.6) is 5.75 Å². The first-order valence-corrected chi connectivity index (χ1v) is 15.6. The van der Waals surface area contributed by atoms with Crippen molar-refractivity contribution in [1.82, 2.24) is 24.6 Å². The Morgan fingerprint density at radius 1 is 1.09 bits per heavy atom. The van der Waals surface area contributed by atoms with Gasteiger partial charge in [-0.1, -0.05) is 6.58 Å². The number of hydrogen-bond donors (Lipinski definition) is 0. The maximum Gasteiger partial charge on any atom is 0.246 e. The van der Waals surface area contributed by atoms with E-state index in [0.717, 1.165) is 21.8 Å². The number of benzene rings is 1. The molecule has 13 heteroatoms. The fraction of sp³-hybridized carbons (Fsp3) is 0.375. The van der Waals surface area contributed by atoms with Crippen LogP contribution in [-0.4, -0.2) is 89.4 Å². The van der Waals surface area contributed by atoms with E-state index in [1.165, 1.54) is 30.6 Å². The van der Waals surface area contributed by atoms with Crippen LogP contribution in [0, 0.1) is 11.6 Å². The fourth-order valence-corrected chi connectivity index (χ4v) is 7.02. The molecule has 1 aromatic carbocycles. The molecule has 2 aliphatic heterocycles. The second-order valence-corrected chi connectivity index (χ2v) is 11.9. The molecular formula is C32H34F2N6O4S. The van der Waals surface area contributed by atoms with Gasteiger partial charge in [-0.15, -0.1) is 11.3 Å². The van der Waals surface area contributed by atoms with E-state index in [1.54, 1.807) is 16.7 Å². The van der Waals surface area contributed by atoms with Crippen LogP contribution in [0.1, 0.15) is 25.6 Å². The zero-order chi connectivity index (χ0) is 31.8. The van der Waals surface area contributed by atoms with Crippen molar-refractivity contribution >= 4 is 39.1 Å². The van der Waals surface area contributed by atoms with Crippen molar-refractivity contribution in [2.45, 2.75) is 26.4 Å². The van der Waals surface area contributed by atoms with E-state index in [9.17, 15) is 14.0 Å². The summed E-state index contributed by atoms with van der Waals surface area (Å²) in [6.45, 7) is 10.6. The zero-order valence-electron chi connectivity index (χ0n) is 25.4. The van der Waals surface area contributed by atoms with Crippen LogP contribution in [0.15, 0.2) is 42.3 Å². The van der Waals surface area contributed by atoms with Crippen molar-refractivity contribution in [3.05, 3.63) is 59.6 Å². The van der Waals surface area contributed by atoms with Crippen LogP contribution in [0.2, 0.25) is 0 Å². The summed E-state index contributed by atoms with van der Waals surface area (Å²) in [5.41, 5.74) is 2.23. The van der Waals surface area contributed by atoms with Crippen molar-refractivity contribution in [3.63, 3.8) is 0 Å². The standard InChI is InChI=1S/C32H34F2N6O4S/c1-5-27(42)39-11-12-40-25(19(39)2)18-24(36-40)30-29(28-23(34)16-21(33)17-26(28)44-14-13-43-4)31-22(6-15-45-31)32(35-30)38-9-7-37(8-10-38)20(3)41/h5-6,15-19H,1,7-14H2,2-4H3/t19-/m1/s1. The predicted molar refractivity (Wildman–Crippen MR) is 168 cm³/mol. The van der Waals surface area contributed by atoms with Crippen LogP contribution in [0.3, 0.4) is 0 Å². The Kier molecular flexibility index (Phi) is 8.56. The van der Waals surface area contributed by atoms with Crippen molar-refractivity contribution in [2.75, 3.05) is 57.9 Å². The lowest BCUT2D eigenvalue weighted by atomic mass is 9.98. The molecule has 1 fully saturated rings. The summed E-state index contributed by atoms with van der Waals surface area (Å²) in [5.74, 6) is -0.977. The van der Waals surface area contributed by atoms with Gasteiger partial charge in [-0.2, -0.15) is 5.10 Å². The molecule has 6 rings (SSSR count). The smallest absolute Gasteiger partial charge is 0.246 e. The molecule has 1 atom stereocenters. The number of hydrogen-bond acceptors (Lipinski definition) is 8. The Morgan fingerprint density at radius 3 is 2.58 bits per heavy atom. The third-order valence-corrected chi connectivity index (χ3v) is 9.32. The number of fused-ring (bicyclic) bond motifs is 2. The summed E-state index contributed by atoms with van der Waals surface area (Å²) >= 11 is 1.42. The number of aromatic nitrogens is 3. The number of nitrogens with zero attached hydrogens (tertiary/aromatic N) is 6. The molecule has 2 aliphatic rings. The molecule has 45 heavy (non-hydrogen) atoms. The van der Waals surface area contributed by atoms with Gasteiger partial charge in [-0.25, -0.2) is 13.8 Å². The third-order valence-electron chi connectivity index (χ3n) is 8.39. The highest BCUT2D eigenvalue weighted by Crippen LogP contribution is 2.47. The Balaban J connectivity index is 1.56. The van der Waals surface area contributed by atoms with Crippen LogP contribution in [0.25, 0.3) is 32.6 Å². The van der Waals surface area contributed by atoms with E-state index >= 15 is 4.39 Å². The summed E-state index contributed by atoms with van der Waals surface area (Å²) in [4.78, 5) is 35.4. The van der Waals surface area contributed by atoms with Crippen LogP contribution in [-0.2, 0) is 20.9 Å². The summed E-state index contributed by atoms with van der Waals surface area (Å²) < 4.78 is 44.2. The number of pyridine rings is 1. The molecule has 0 bridgehead atoms. The normalized spacial score (nSPS) is 16.6. The number of methoxy groups -OCH3 is 1. The first-order valence-electron chi connectivity index (χ1n) is 14.8. The molecule has 5 heterocycles. The number of piperazine rings is 1. The van der Waals surface area contributed by atoms with Gasteiger partial charge in [-0.05, 0) is 30.5 Å². The van der Waals surface area contributed by atoms with Crippen LogP contribution >= 0.6 is 11.3 Å². The van der Waals surface area contributed by atoms with Gasteiger partial charge in [0.05, 0.1) is 30.5 Å². The first kappa shape index (κ1) is 30.7. The number of carbonyl (C=O) groups excluding carboxylic acids is 2. The van der Waals surface area contributed by atoms with Gasteiger partial charge in [0.15, 0.2) is 0 Å². The van der Waals surface area contributed by atoms with Crippen molar-refractivity contribution in [3.8, 4) is 28.3 Å². The minimum atomic E-state index is -0.789. The fourth-order valence-electron chi connectivity index (χ4n) is 6.08. The molecular weight excluding hydrogens is 602 g/mol. The molecule has 10 nitrogen and oxygen atoms in total. The van der Waals surface area contributed by atoms with E-state index in [4.69, 9.17) is 19.6 Å². The van der Waals surface area contributed by atoms with Gasteiger partial charge in [0.2, 0.25) is 11.8 Å². The number of halogens is 2. The number of ether oxygens (including phenoxy) is 2. The molecule has 2 amide bonds. The largest absolute Gasteiger partial charge is 0.490 e. The minimum absolute atomic E-state index is 0.0220. The topological polar surface area (TPSA) is 93.0 Å². The maximum absolute atomic E-state index is 16.0. The molecule has 0 unspecified atom stereocenters. The number of anilines is 1. The highest BCUT2D eigenvalue weighted by Gasteiger charge is 2.32. The molecule has 0 radical (unpaired) electrons. The highest BCUT2D eigenvalue weighted by atomic mass is 32.1. The first-order chi connectivity index (χ1) is 21.7. The van der Waals surface area contributed by atoms with Crippen LogP contribution < -0.4 is 9.64 Å². The summed E-state index contributed by atoms with van der Waals surface area (Å²) in [5, 5.41) is 7.63. The monoisotopic (exact) mass is 636 g/mol. The molecule has 1 saturated heterocycles. The predicted octanol–water partition coefficient (Wildman–Crippen LogP) is 4.89. The highest BCUT2D eigenvalue weighted by molar-refractivity contribution is 7.18. The lowest BCUT2D eigenvalue weighted by molar-refractivity contribution is -0.129. The molecule has 0 saturated carbocycles. The molecule has 0 N–H and O–H groups in total. The Hall–Kier alpha value is -4.36. The molecule has 0 aliphatic carbocycles. The Bertz CT molecular complexity index is 1780. The minimum Gasteiger partial charge on any atom is -0.490 e. The average Bonchev–Trinajstić information content (AvgIpc) is 3.69. The van der Waals surface area contributed by atoms with Gasteiger partial charge < -0.3 is 24.2 Å². The van der Waals surface area contributed by atoms with Gasteiger partial charge in [0, 0.05) is 74.5 Å². The van der Waals surface area contributed by atoms with Gasteiger partial charge >= 0.3 is 0 Å². The average molecular weight is 637 g/mol. The molecule has 0 spiro atoms. The van der Waals surface area contributed by atoms with E-state index in [1.807, 2.05) is 29.1 Å². The SMILES string of the molecule is C=CC(=O)N1CCn2nc(-c3nc(N4CCN(C(C)=O)CC4)c4ccsc4c3-c3c(F)cc(F)cc3OCCOC)cc2[C@H]1C. The quantitative estimate of drug-likeness (QED) is 0.201. The Morgan fingerprint density at radius 2 is 1.87 bits per heavy atom. The van der Waals surface area contributed by atoms with E-state index in [-0.39, 0.29) is 42.4 Å². The van der Waals surface area contributed by atoms with Crippen molar-refractivity contribution in [2.24, 2.45) is 0 Å². The van der Waals surface area contributed by atoms with Crippen molar-refractivity contribution < 1.29 is 27.8 Å². The van der Waals surface area contributed by atoms with Gasteiger partial charge in [-0.3, -0.25) is 14.3 Å². The van der Waals surface area contributed by atoms with Gasteiger partial charge in [0.25, 0.3) is 0 Å². The van der Waals surface area contributed by atoms with E-state index < -0.39 is 11.6 Å². The lowest BCUT2D eigenvalue weighted by Crippen LogP contribution is -2.48. The van der Waals surface area contributed by atoms with E-state index in [2.05, 4.69) is 11.5 Å². The van der Waals surface area contributed by atoms with E-state index in [0.29, 0.717) is 62.0 Å². The number of amides is 2. The second kappa shape index (κ2) is 12.6. The second-order valence-electron chi connectivity index (χ2n) is 11.0. The summed E-state index contributed by atoms with van der Waals surface area (Å²) in [6, 6.07) is 5.55. The lowest BCUT2D eigenvalue weighted by Gasteiger charge is -2.35.